The van der Waals surface area contributed by atoms with Gasteiger partial charge in [0.05, 0.1) is 5.57 Å². The number of fused-ring (bicyclic) bond motifs is 1. The standard InChI is InChI=1S/C26H18ClNO4/c27-19-10-11-23-20(12-19)21(24(29)22-15-32-26(31)25(22)30)14-28(23)13-16-6-8-18(9-7-16)17-4-2-1-3-5-17/h1-12,14,29H,13,15H2. The molecule has 158 valence electrons. The summed E-state index contributed by atoms with van der Waals surface area (Å²) in [5.74, 6) is -2.03. The van der Waals surface area contributed by atoms with Gasteiger partial charge >= 0.3 is 5.97 Å². The van der Waals surface area contributed by atoms with Crippen LogP contribution in [0.2, 0.25) is 5.02 Å². The first-order valence-electron chi connectivity index (χ1n) is 10.1. The number of hydrogen-bond acceptors (Lipinski definition) is 4. The van der Waals surface area contributed by atoms with Gasteiger partial charge in [-0.15, -0.1) is 0 Å². The Balaban J connectivity index is 1.53. The number of hydrogen-bond donors (Lipinski definition) is 1. The number of esters is 1. The molecular formula is C26H18ClNO4. The molecule has 0 saturated carbocycles. The summed E-state index contributed by atoms with van der Waals surface area (Å²) < 4.78 is 6.75. The number of cyclic esters (lactones) is 1. The maximum atomic E-state index is 12.0. The molecule has 1 aliphatic heterocycles. The van der Waals surface area contributed by atoms with Crippen molar-refractivity contribution in [3.63, 3.8) is 0 Å². The van der Waals surface area contributed by atoms with Crippen LogP contribution in [0, 0.1) is 0 Å². The molecule has 0 unspecified atom stereocenters. The number of carbonyl (C=O) groups is 2. The molecule has 1 saturated heterocycles. The summed E-state index contributed by atoms with van der Waals surface area (Å²) in [7, 11) is 0. The number of halogens is 1. The Kier molecular flexibility index (Phi) is 5.04. The maximum Gasteiger partial charge on any atom is 0.379 e. The maximum absolute atomic E-state index is 12.0. The molecular weight excluding hydrogens is 426 g/mol. The Bertz CT molecular complexity index is 1380. The molecule has 0 atom stereocenters. The van der Waals surface area contributed by atoms with Crippen LogP contribution in [0.3, 0.4) is 0 Å². The number of aromatic nitrogens is 1. The van der Waals surface area contributed by atoms with E-state index in [2.05, 4.69) is 36.4 Å². The zero-order valence-corrected chi connectivity index (χ0v) is 17.7. The first kappa shape index (κ1) is 20.1. The summed E-state index contributed by atoms with van der Waals surface area (Å²) in [5.41, 5.74) is 4.60. The Labute approximate surface area is 189 Å². The van der Waals surface area contributed by atoms with Crippen molar-refractivity contribution in [1.29, 1.82) is 0 Å². The lowest BCUT2D eigenvalue weighted by Crippen LogP contribution is -2.08. The number of benzene rings is 3. The van der Waals surface area contributed by atoms with Gasteiger partial charge in [-0.1, -0.05) is 66.2 Å². The van der Waals surface area contributed by atoms with Gasteiger partial charge in [-0.05, 0) is 34.9 Å². The van der Waals surface area contributed by atoms with E-state index < -0.39 is 11.8 Å². The summed E-state index contributed by atoms with van der Waals surface area (Å²) in [4.78, 5) is 23.5. The van der Waals surface area contributed by atoms with Crippen molar-refractivity contribution in [2.24, 2.45) is 0 Å². The van der Waals surface area contributed by atoms with Crippen molar-refractivity contribution in [2.45, 2.75) is 6.54 Å². The van der Waals surface area contributed by atoms with E-state index in [0.717, 1.165) is 22.2 Å². The number of aliphatic hydroxyl groups excluding tert-OH is 1. The minimum Gasteiger partial charge on any atom is -0.507 e. The molecule has 0 aliphatic carbocycles. The van der Waals surface area contributed by atoms with E-state index in [1.807, 2.05) is 28.8 Å². The second-order valence-electron chi connectivity index (χ2n) is 7.63. The van der Waals surface area contributed by atoms with Crippen molar-refractivity contribution < 1.29 is 19.4 Å². The molecule has 5 nitrogen and oxygen atoms in total. The minimum absolute atomic E-state index is 0.0405. The van der Waals surface area contributed by atoms with Gasteiger partial charge in [-0.25, -0.2) is 4.79 Å². The van der Waals surface area contributed by atoms with Gasteiger partial charge in [0, 0.05) is 34.2 Å². The molecule has 1 aliphatic rings. The van der Waals surface area contributed by atoms with Crippen molar-refractivity contribution in [2.75, 3.05) is 6.61 Å². The summed E-state index contributed by atoms with van der Waals surface area (Å²) in [6, 6.07) is 23.8. The van der Waals surface area contributed by atoms with Crippen LogP contribution >= 0.6 is 11.6 Å². The third-order valence-corrected chi connectivity index (χ3v) is 5.84. The van der Waals surface area contributed by atoms with Crippen molar-refractivity contribution >= 4 is 40.0 Å². The van der Waals surface area contributed by atoms with E-state index >= 15 is 0 Å². The van der Waals surface area contributed by atoms with E-state index in [0.29, 0.717) is 22.5 Å². The monoisotopic (exact) mass is 443 g/mol. The second kappa shape index (κ2) is 8.02. The fourth-order valence-electron chi connectivity index (χ4n) is 3.95. The van der Waals surface area contributed by atoms with Gasteiger partial charge < -0.3 is 14.4 Å². The van der Waals surface area contributed by atoms with Gasteiger partial charge in [0.1, 0.15) is 12.4 Å². The average molecular weight is 444 g/mol. The average Bonchev–Trinajstić information content (AvgIpc) is 3.34. The van der Waals surface area contributed by atoms with E-state index in [-0.39, 0.29) is 17.9 Å². The Morgan fingerprint density at radius 1 is 0.969 bits per heavy atom. The van der Waals surface area contributed by atoms with Crippen LogP contribution in [0.1, 0.15) is 11.1 Å². The highest BCUT2D eigenvalue weighted by molar-refractivity contribution is 6.43. The predicted molar refractivity (Wildman–Crippen MR) is 123 cm³/mol. The molecule has 32 heavy (non-hydrogen) atoms. The van der Waals surface area contributed by atoms with Gasteiger partial charge in [0.25, 0.3) is 5.78 Å². The molecule has 1 N–H and O–H groups in total. The molecule has 4 aromatic rings. The highest BCUT2D eigenvalue weighted by atomic mass is 35.5. The van der Waals surface area contributed by atoms with Crippen LogP contribution in [-0.2, 0) is 20.9 Å². The summed E-state index contributed by atoms with van der Waals surface area (Å²) in [6.07, 6.45) is 1.77. The molecule has 6 heteroatoms. The number of aliphatic hydroxyl groups is 1. The summed E-state index contributed by atoms with van der Waals surface area (Å²) >= 11 is 6.20. The van der Waals surface area contributed by atoms with Crippen molar-refractivity contribution in [3.8, 4) is 11.1 Å². The van der Waals surface area contributed by atoms with Crippen LogP contribution in [0.25, 0.3) is 27.8 Å². The predicted octanol–water partition coefficient (Wildman–Crippen LogP) is 5.41. The smallest absolute Gasteiger partial charge is 0.379 e. The van der Waals surface area contributed by atoms with E-state index in [9.17, 15) is 14.7 Å². The molecule has 3 aromatic carbocycles. The first-order valence-corrected chi connectivity index (χ1v) is 10.5. The van der Waals surface area contributed by atoms with Crippen LogP contribution < -0.4 is 0 Å². The third kappa shape index (κ3) is 3.57. The number of ketones is 1. The van der Waals surface area contributed by atoms with Crippen LogP contribution in [0.15, 0.2) is 84.6 Å². The molecule has 1 fully saturated rings. The third-order valence-electron chi connectivity index (χ3n) is 5.61. The van der Waals surface area contributed by atoms with E-state index in [4.69, 9.17) is 16.3 Å². The molecule has 0 radical (unpaired) electrons. The lowest BCUT2D eigenvalue weighted by molar-refractivity contribution is -0.146. The zero-order valence-electron chi connectivity index (χ0n) is 16.9. The van der Waals surface area contributed by atoms with Crippen LogP contribution in [-0.4, -0.2) is 28.0 Å². The molecule has 0 amide bonds. The van der Waals surface area contributed by atoms with E-state index in [1.165, 1.54) is 0 Å². The number of ether oxygens (including phenoxy) is 1. The van der Waals surface area contributed by atoms with Crippen LogP contribution in [0.4, 0.5) is 0 Å². The molecule has 5 rings (SSSR count). The highest BCUT2D eigenvalue weighted by Crippen LogP contribution is 2.32. The van der Waals surface area contributed by atoms with Crippen LogP contribution in [0.5, 0.6) is 0 Å². The minimum atomic E-state index is -0.952. The number of carbonyl (C=O) groups excluding carboxylic acids is 2. The second-order valence-corrected chi connectivity index (χ2v) is 8.06. The van der Waals surface area contributed by atoms with Gasteiger partial charge in [-0.3, -0.25) is 4.79 Å². The molecule has 2 heterocycles. The summed E-state index contributed by atoms with van der Waals surface area (Å²) in [6.45, 7) is 0.316. The molecule has 0 spiro atoms. The van der Waals surface area contributed by atoms with Gasteiger partial charge in [-0.2, -0.15) is 0 Å². The molecule has 1 aromatic heterocycles. The van der Waals surface area contributed by atoms with E-state index in [1.54, 1.807) is 18.3 Å². The Morgan fingerprint density at radius 3 is 2.38 bits per heavy atom. The number of rotatable bonds is 4. The quantitative estimate of drug-likeness (QED) is 0.198. The SMILES string of the molecule is O=C1OCC(=C(O)c2cn(Cc3ccc(-c4ccccc4)cc3)c3ccc(Cl)cc23)C1=O. The zero-order chi connectivity index (χ0) is 22.2. The summed E-state index contributed by atoms with van der Waals surface area (Å²) in [5, 5.41) is 12.0. The van der Waals surface area contributed by atoms with Gasteiger partial charge in [0.15, 0.2) is 0 Å². The lowest BCUT2D eigenvalue weighted by Gasteiger charge is -2.07. The Hall–Kier alpha value is -3.83. The fraction of sp³-hybridized carbons (Fsp3) is 0.0769. The molecule has 0 bridgehead atoms. The van der Waals surface area contributed by atoms with Crippen molar-refractivity contribution in [1.82, 2.24) is 4.57 Å². The van der Waals surface area contributed by atoms with Gasteiger partial charge in [0.2, 0.25) is 0 Å². The largest absolute Gasteiger partial charge is 0.507 e. The first-order chi connectivity index (χ1) is 15.5. The Morgan fingerprint density at radius 2 is 1.69 bits per heavy atom. The topological polar surface area (TPSA) is 68.5 Å². The normalized spacial score (nSPS) is 15.3. The number of Topliss-reactive ketones (excluding diaryl/α,β-unsaturated/α-hetero) is 1. The number of nitrogens with zero attached hydrogens (tertiary/aromatic N) is 1. The van der Waals surface area contributed by atoms with Crippen molar-refractivity contribution in [3.05, 3.63) is 101 Å². The highest BCUT2D eigenvalue weighted by Gasteiger charge is 2.33. The fourth-order valence-corrected chi connectivity index (χ4v) is 4.12. The lowest BCUT2D eigenvalue weighted by atomic mass is 10.0.